The molecule has 12 heteroatoms. The van der Waals surface area contributed by atoms with Crippen LogP contribution in [0.1, 0.15) is 52.5 Å². The molecule has 3 fully saturated rings. The fourth-order valence-corrected chi connectivity index (χ4v) is 7.21. The first-order valence-corrected chi connectivity index (χ1v) is 16.7. The third-order valence-corrected chi connectivity index (χ3v) is 9.66. The van der Waals surface area contributed by atoms with Crippen molar-refractivity contribution in [2.75, 3.05) is 45.0 Å². The molecule has 0 unspecified atom stereocenters. The molecule has 3 aliphatic rings. The monoisotopic (exact) mass is 640 g/mol. The Labute approximate surface area is 274 Å². The number of hydrogen-bond donors (Lipinski definition) is 1. The van der Waals surface area contributed by atoms with Gasteiger partial charge in [0.05, 0.1) is 5.69 Å². The Hall–Kier alpha value is -4.42. The van der Waals surface area contributed by atoms with Gasteiger partial charge in [0.15, 0.2) is 11.5 Å². The predicted molar refractivity (Wildman–Crippen MR) is 180 cm³/mol. The highest BCUT2D eigenvalue weighted by atomic mass is 16.6. The molecule has 7 rings (SSSR count). The lowest BCUT2D eigenvalue weighted by atomic mass is 9.95. The van der Waals surface area contributed by atoms with Crippen molar-refractivity contribution in [3.05, 3.63) is 71.4 Å². The van der Waals surface area contributed by atoms with Gasteiger partial charge in [0, 0.05) is 57.4 Å². The maximum absolute atomic E-state index is 14.1. The van der Waals surface area contributed by atoms with Gasteiger partial charge in [-0.2, -0.15) is 0 Å². The van der Waals surface area contributed by atoms with Crippen molar-refractivity contribution in [1.82, 2.24) is 33.8 Å². The smallest absolute Gasteiger partial charge is 0.410 e. The van der Waals surface area contributed by atoms with Crippen LogP contribution in [0.5, 0.6) is 11.5 Å². The number of amides is 1. The van der Waals surface area contributed by atoms with Crippen LogP contribution in [0.2, 0.25) is 0 Å². The van der Waals surface area contributed by atoms with Gasteiger partial charge in [-0.05, 0) is 82.9 Å². The van der Waals surface area contributed by atoms with E-state index in [0.29, 0.717) is 34.7 Å². The van der Waals surface area contributed by atoms with E-state index in [2.05, 4.69) is 19.8 Å². The van der Waals surface area contributed by atoms with Crippen LogP contribution in [0.3, 0.4) is 0 Å². The number of benzene rings is 2. The number of para-hydroxylation sites is 1. The van der Waals surface area contributed by atoms with Crippen molar-refractivity contribution in [2.45, 2.75) is 70.2 Å². The van der Waals surface area contributed by atoms with Crippen LogP contribution in [-0.4, -0.2) is 96.8 Å². The normalized spacial score (nSPS) is 19.2. The Kier molecular flexibility index (Phi) is 8.39. The molecule has 0 bridgehead atoms. The largest absolute Gasteiger partial charge is 0.457 e. The lowest BCUT2D eigenvalue weighted by Crippen LogP contribution is -2.63. The summed E-state index contributed by atoms with van der Waals surface area (Å²) in [4.78, 5) is 42.1. The number of likely N-dealkylation sites (tertiary alicyclic amines) is 3. The number of hydrogen-bond acceptors (Lipinski definition) is 9. The van der Waals surface area contributed by atoms with Gasteiger partial charge in [0.1, 0.15) is 28.9 Å². The molecule has 3 aliphatic heterocycles. The second-order valence-corrected chi connectivity index (χ2v) is 13.9. The quantitative estimate of drug-likeness (QED) is 0.320. The minimum Gasteiger partial charge on any atom is -0.457 e. The van der Waals surface area contributed by atoms with E-state index in [0.717, 1.165) is 70.7 Å². The van der Waals surface area contributed by atoms with E-state index in [-0.39, 0.29) is 23.6 Å². The van der Waals surface area contributed by atoms with Crippen molar-refractivity contribution < 1.29 is 14.3 Å². The van der Waals surface area contributed by atoms with Crippen LogP contribution in [-0.2, 0) is 4.74 Å². The van der Waals surface area contributed by atoms with E-state index in [1.165, 1.54) is 6.33 Å². The Morgan fingerprint density at radius 3 is 2.04 bits per heavy atom. The Balaban J connectivity index is 0.987. The van der Waals surface area contributed by atoms with Crippen molar-refractivity contribution in [3.8, 4) is 17.2 Å². The summed E-state index contributed by atoms with van der Waals surface area (Å²) >= 11 is 0. The molecule has 0 spiro atoms. The number of fused-ring (bicyclic) bond motifs is 1. The highest BCUT2D eigenvalue weighted by Gasteiger charge is 2.39. The lowest BCUT2D eigenvalue weighted by Gasteiger charge is -2.49. The Morgan fingerprint density at radius 2 is 1.40 bits per heavy atom. The molecular formula is C35H44N8O4. The maximum atomic E-state index is 14.1. The molecule has 5 heterocycles. The number of carbonyl (C=O) groups is 1. The van der Waals surface area contributed by atoms with Crippen molar-refractivity contribution >= 4 is 23.1 Å². The van der Waals surface area contributed by atoms with Gasteiger partial charge in [0.25, 0.3) is 0 Å². The zero-order valence-corrected chi connectivity index (χ0v) is 27.4. The average Bonchev–Trinajstić information content (AvgIpc) is 3.33. The standard InChI is InChI=1S/C35H44N8O4/c1-35(2,3)47-34(45)41-21-27(22-41)40-17-13-24(14-18-40)39-19-15-26(16-20-39)43-32-30(31(36)37-23-38-32)42(33(43)44)25-9-11-29(12-10-25)46-28-7-5-4-6-8-28/h4-12,23-24,26-27H,13-22H2,1-3H3,(H2,36,37,38). The highest BCUT2D eigenvalue weighted by Crippen LogP contribution is 2.32. The average molecular weight is 641 g/mol. The summed E-state index contributed by atoms with van der Waals surface area (Å²) in [5, 5.41) is 0. The molecule has 248 valence electrons. The predicted octanol–water partition coefficient (Wildman–Crippen LogP) is 4.68. The van der Waals surface area contributed by atoms with Gasteiger partial charge in [-0.3, -0.25) is 14.0 Å². The zero-order chi connectivity index (χ0) is 32.7. The minimum absolute atomic E-state index is 0.0198. The third-order valence-electron chi connectivity index (χ3n) is 9.66. The molecule has 1 amide bonds. The van der Waals surface area contributed by atoms with Gasteiger partial charge in [-0.25, -0.2) is 19.6 Å². The Morgan fingerprint density at radius 1 is 0.809 bits per heavy atom. The molecule has 47 heavy (non-hydrogen) atoms. The minimum atomic E-state index is -0.467. The van der Waals surface area contributed by atoms with E-state index in [9.17, 15) is 9.59 Å². The number of imidazole rings is 1. The van der Waals surface area contributed by atoms with Crippen LogP contribution in [0, 0.1) is 0 Å². The molecule has 0 radical (unpaired) electrons. The summed E-state index contributed by atoms with van der Waals surface area (Å²) in [6, 6.07) is 18.0. The van der Waals surface area contributed by atoms with Gasteiger partial charge in [0.2, 0.25) is 0 Å². The summed E-state index contributed by atoms with van der Waals surface area (Å²) in [6.45, 7) is 11.1. The van der Waals surface area contributed by atoms with Crippen LogP contribution in [0.25, 0.3) is 16.9 Å². The Bertz CT molecular complexity index is 1760. The maximum Gasteiger partial charge on any atom is 0.410 e. The summed E-state index contributed by atoms with van der Waals surface area (Å²) in [5.74, 6) is 1.70. The number of nitrogen functional groups attached to an aromatic ring is 1. The molecule has 2 aromatic carbocycles. The van der Waals surface area contributed by atoms with E-state index < -0.39 is 5.60 Å². The molecule has 2 aromatic heterocycles. The summed E-state index contributed by atoms with van der Waals surface area (Å²) in [5.41, 5.74) is 7.53. The fourth-order valence-electron chi connectivity index (χ4n) is 7.21. The van der Waals surface area contributed by atoms with Crippen LogP contribution in [0.15, 0.2) is 65.7 Å². The molecule has 0 atom stereocenters. The summed E-state index contributed by atoms with van der Waals surface area (Å²) in [6.07, 6.45) is 5.17. The molecular weight excluding hydrogens is 596 g/mol. The number of anilines is 1. The van der Waals surface area contributed by atoms with Gasteiger partial charge in [-0.1, -0.05) is 18.2 Å². The second kappa shape index (κ2) is 12.6. The van der Waals surface area contributed by atoms with Crippen molar-refractivity contribution in [2.24, 2.45) is 0 Å². The number of nitrogens with two attached hydrogens (primary N) is 1. The van der Waals surface area contributed by atoms with Crippen LogP contribution >= 0.6 is 0 Å². The molecule has 2 N–H and O–H groups in total. The number of carbonyl (C=O) groups excluding carboxylic acids is 1. The lowest BCUT2D eigenvalue weighted by molar-refractivity contribution is -0.0258. The van der Waals surface area contributed by atoms with Crippen molar-refractivity contribution in [1.29, 1.82) is 0 Å². The summed E-state index contributed by atoms with van der Waals surface area (Å²) in [7, 11) is 0. The van der Waals surface area contributed by atoms with Gasteiger partial charge in [-0.15, -0.1) is 0 Å². The van der Waals surface area contributed by atoms with Gasteiger partial charge < -0.3 is 25.0 Å². The van der Waals surface area contributed by atoms with Gasteiger partial charge >= 0.3 is 11.8 Å². The summed E-state index contributed by atoms with van der Waals surface area (Å²) < 4.78 is 14.9. The molecule has 4 aromatic rings. The zero-order valence-electron chi connectivity index (χ0n) is 27.4. The van der Waals surface area contributed by atoms with Crippen LogP contribution in [0.4, 0.5) is 10.6 Å². The number of ether oxygens (including phenoxy) is 2. The first kappa shape index (κ1) is 31.2. The first-order chi connectivity index (χ1) is 22.6. The molecule has 12 nitrogen and oxygen atoms in total. The fraction of sp³-hybridized carbons (Fsp3) is 0.486. The molecule has 3 saturated heterocycles. The van der Waals surface area contributed by atoms with Crippen molar-refractivity contribution in [3.63, 3.8) is 0 Å². The third kappa shape index (κ3) is 6.44. The topological polar surface area (TPSA) is 124 Å². The number of aromatic nitrogens is 4. The second-order valence-electron chi connectivity index (χ2n) is 13.9. The number of rotatable bonds is 6. The first-order valence-electron chi connectivity index (χ1n) is 16.7. The van der Waals surface area contributed by atoms with E-state index in [1.54, 1.807) is 9.47 Å². The molecule has 0 saturated carbocycles. The SMILES string of the molecule is CC(C)(C)OC(=O)N1CC(N2CCC(N3CCC(n4c(=O)n(-c5ccc(Oc6ccccc6)cc5)c5c(N)ncnc54)CC3)CC2)C1. The number of piperidine rings is 2. The van der Waals surface area contributed by atoms with Crippen LogP contribution < -0.4 is 16.2 Å². The van der Waals surface area contributed by atoms with E-state index in [1.807, 2.05) is 79.9 Å². The van der Waals surface area contributed by atoms with E-state index >= 15 is 0 Å². The number of nitrogens with zero attached hydrogens (tertiary/aromatic N) is 7. The molecule has 0 aliphatic carbocycles. The highest BCUT2D eigenvalue weighted by molar-refractivity contribution is 5.84. The van der Waals surface area contributed by atoms with E-state index in [4.69, 9.17) is 15.2 Å².